The first-order chi connectivity index (χ1) is 9.16. The van der Waals surface area contributed by atoms with Gasteiger partial charge in [-0.25, -0.2) is 0 Å². The van der Waals surface area contributed by atoms with E-state index in [1.165, 1.54) is 0 Å². The van der Waals surface area contributed by atoms with Crippen LogP contribution < -0.4 is 5.32 Å². The highest BCUT2D eigenvalue weighted by atomic mass is 35.5. The number of carbonyl (C=O) groups is 2. The minimum Gasteiger partial charge on any atom is -0.336 e. The van der Waals surface area contributed by atoms with Crippen LogP contribution in [0.15, 0.2) is 0 Å². The monoisotopic (exact) mass is 301 g/mol. The Labute approximate surface area is 126 Å². The highest BCUT2D eigenvalue weighted by Gasteiger charge is 2.44. The fourth-order valence-corrected chi connectivity index (χ4v) is 3.38. The van der Waals surface area contributed by atoms with Crippen molar-refractivity contribution in [3.8, 4) is 0 Å². The van der Waals surface area contributed by atoms with Crippen LogP contribution in [0.4, 0.5) is 0 Å². The maximum absolute atomic E-state index is 12.7. The normalized spacial score (nSPS) is 30.4. The van der Waals surface area contributed by atoms with Gasteiger partial charge in [-0.15, -0.1) is 12.4 Å². The molecule has 1 unspecified atom stereocenters. The molecule has 2 amide bonds. The summed E-state index contributed by atoms with van der Waals surface area (Å²) in [6, 6.07) is 0.467. The van der Waals surface area contributed by atoms with Gasteiger partial charge in [-0.2, -0.15) is 0 Å². The summed E-state index contributed by atoms with van der Waals surface area (Å²) in [7, 11) is 0. The molecule has 0 aromatic carbocycles. The van der Waals surface area contributed by atoms with Crippen LogP contribution >= 0.6 is 12.4 Å². The number of nitrogens with zero attached hydrogens (tertiary/aromatic N) is 2. The molecule has 0 spiro atoms. The van der Waals surface area contributed by atoms with Gasteiger partial charge in [0.2, 0.25) is 11.8 Å². The van der Waals surface area contributed by atoms with Crippen molar-refractivity contribution in [2.75, 3.05) is 26.2 Å². The van der Waals surface area contributed by atoms with Gasteiger partial charge in [-0.1, -0.05) is 6.92 Å². The van der Waals surface area contributed by atoms with Gasteiger partial charge < -0.3 is 15.1 Å². The zero-order chi connectivity index (χ0) is 13.5. The highest BCUT2D eigenvalue weighted by Crippen LogP contribution is 2.30. The lowest BCUT2D eigenvalue weighted by Gasteiger charge is -2.39. The molecule has 1 saturated carbocycles. The van der Waals surface area contributed by atoms with Gasteiger partial charge in [0.25, 0.3) is 0 Å². The number of hydrogen-bond donors (Lipinski definition) is 1. The van der Waals surface area contributed by atoms with Crippen LogP contribution in [0.5, 0.6) is 0 Å². The van der Waals surface area contributed by atoms with E-state index in [2.05, 4.69) is 12.2 Å². The largest absolute Gasteiger partial charge is 0.336 e. The van der Waals surface area contributed by atoms with Crippen LogP contribution in [0, 0.1) is 0 Å². The first-order valence-electron chi connectivity index (χ1n) is 7.50. The molecule has 2 aliphatic heterocycles. The molecule has 3 fully saturated rings. The van der Waals surface area contributed by atoms with Crippen LogP contribution in [0.3, 0.4) is 0 Å². The Hall–Kier alpha value is -0.810. The summed E-state index contributed by atoms with van der Waals surface area (Å²) in [4.78, 5) is 28.5. The molecule has 0 aromatic heterocycles. The van der Waals surface area contributed by atoms with E-state index in [0.29, 0.717) is 12.6 Å². The number of rotatable bonds is 3. The van der Waals surface area contributed by atoms with E-state index < -0.39 is 5.54 Å². The lowest BCUT2D eigenvalue weighted by molar-refractivity contribution is -0.149. The number of nitrogens with one attached hydrogen (secondary N) is 1. The van der Waals surface area contributed by atoms with Crippen molar-refractivity contribution in [3.05, 3.63) is 0 Å². The predicted molar refractivity (Wildman–Crippen MR) is 78.8 cm³/mol. The molecular formula is C14H24ClN3O2. The molecule has 6 heteroatoms. The Bertz CT molecular complexity index is 392. The van der Waals surface area contributed by atoms with Gasteiger partial charge in [-0.05, 0) is 38.6 Å². The van der Waals surface area contributed by atoms with Crippen molar-refractivity contribution >= 4 is 24.2 Å². The topological polar surface area (TPSA) is 52.7 Å². The van der Waals surface area contributed by atoms with E-state index in [1.807, 2.05) is 4.90 Å². The summed E-state index contributed by atoms with van der Waals surface area (Å²) in [6.07, 6.45) is 5.04. The van der Waals surface area contributed by atoms with Crippen LogP contribution in [-0.2, 0) is 9.59 Å². The van der Waals surface area contributed by atoms with Gasteiger partial charge in [0.1, 0.15) is 0 Å². The first kappa shape index (κ1) is 15.6. The van der Waals surface area contributed by atoms with Crippen molar-refractivity contribution < 1.29 is 9.59 Å². The molecule has 0 radical (unpaired) electrons. The molecule has 0 bridgehead atoms. The first-order valence-corrected chi connectivity index (χ1v) is 7.50. The zero-order valence-electron chi connectivity index (χ0n) is 12.1. The standard InChI is InChI=1S/C14H23N3O2.ClH/c1-2-14(6-3-7-15-14)13(19)16-8-9-17(11-4-5-11)12(18)10-16;/h11,15H,2-10H2,1H3;1H. The molecular weight excluding hydrogens is 278 g/mol. The van der Waals surface area contributed by atoms with E-state index >= 15 is 0 Å². The Morgan fingerprint density at radius 3 is 2.65 bits per heavy atom. The van der Waals surface area contributed by atoms with Crippen molar-refractivity contribution in [2.45, 2.75) is 50.6 Å². The number of amides is 2. The molecule has 1 N–H and O–H groups in total. The SMILES string of the molecule is CCC1(C(=O)N2CCN(C3CC3)C(=O)C2)CCCN1.Cl. The average molecular weight is 302 g/mol. The molecule has 114 valence electrons. The number of carbonyl (C=O) groups excluding carboxylic acids is 2. The highest BCUT2D eigenvalue weighted by molar-refractivity contribution is 5.91. The zero-order valence-corrected chi connectivity index (χ0v) is 12.9. The maximum atomic E-state index is 12.7. The maximum Gasteiger partial charge on any atom is 0.243 e. The molecule has 1 aliphatic carbocycles. The van der Waals surface area contributed by atoms with Crippen LogP contribution in [0.2, 0.25) is 0 Å². The molecule has 3 rings (SSSR count). The Morgan fingerprint density at radius 1 is 1.40 bits per heavy atom. The Morgan fingerprint density at radius 2 is 2.15 bits per heavy atom. The molecule has 2 heterocycles. The number of piperazine rings is 1. The summed E-state index contributed by atoms with van der Waals surface area (Å²) in [5.74, 6) is 0.266. The van der Waals surface area contributed by atoms with Crippen molar-refractivity contribution in [2.24, 2.45) is 0 Å². The summed E-state index contributed by atoms with van der Waals surface area (Å²) < 4.78 is 0. The van der Waals surface area contributed by atoms with Gasteiger partial charge >= 0.3 is 0 Å². The van der Waals surface area contributed by atoms with Gasteiger partial charge in [0.05, 0.1) is 12.1 Å². The fraction of sp³-hybridized carbons (Fsp3) is 0.857. The lowest BCUT2D eigenvalue weighted by Crippen LogP contribution is -2.60. The van der Waals surface area contributed by atoms with E-state index in [4.69, 9.17) is 0 Å². The molecule has 1 atom stereocenters. The van der Waals surface area contributed by atoms with Gasteiger partial charge in [-0.3, -0.25) is 9.59 Å². The van der Waals surface area contributed by atoms with Crippen molar-refractivity contribution in [1.82, 2.24) is 15.1 Å². The van der Waals surface area contributed by atoms with Gasteiger partial charge in [0, 0.05) is 19.1 Å². The quantitative estimate of drug-likeness (QED) is 0.838. The number of hydrogen-bond acceptors (Lipinski definition) is 3. The minimum atomic E-state index is -0.401. The second-order valence-electron chi connectivity index (χ2n) is 6.01. The summed E-state index contributed by atoms with van der Waals surface area (Å²) in [5, 5.41) is 3.36. The molecule has 5 nitrogen and oxygen atoms in total. The second kappa shape index (κ2) is 5.90. The molecule has 20 heavy (non-hydrogen) atoms. The Kier molecular flexibility index (Phi) is 4.59. The smallest absolute Gasteiger partial charge is 0.243 e. The van der Waals surface area contributed by atoms with E-state index in [0.717, 1.165) is 45.2 Å². The summed E-state index contributed by atoms with van der Waals surface area (Å²) >= 11 is 0. The third kappa shape index (κ3) is 2.66. The lowest BCUT2D eigenvalue weighted by atomic mass is 9.92. The predicted octanol–water partition coefficient (Wildman–Crippen LogP) is 0.774. The van der Waals surface area contributed by atoms with Crippen LogP contribution in [0.1, 0.15) is 39.0 Å². The third-order valence-corrected chi connectivity index (χ3v) is 4.79. The fourth-order valence-electron chi connectivity index (χ4n) is 3.38. The van der Waals surface area contributed by atoms with E-state index in [-0.39, 0.29) is 30.8 Å². The molecule has 2 saturated heterocycles. The van der Waals surface area contributed by atoms with Gasteiger partial charge in [0.15, 0.2) is 0 Å². The second-order valence-corrected chi connectivity index (χ2v) is 6.01. The van der Waals surface area contributed by atoms with E-state index in [1.54, 1.807) is 4.90 Å². The minimum absolute atomic E-state index is 0. The molecule has 0 aromatic rings. The summed E-state index contributed by atoms with van der Waals surface area (Å²) in [6.45, 7) is 4.66. The van der Waals surface area contributed by atoms with Crippen LogP contribution in [0.25, 0.3) is 0 Å². The van der Waals surface area contributed by atoms with Crippen LogP contribution in [-0.4, -0.2) is 59.4 Å². The Balaban J connectivity index is 0.00000147. The average Bonchev–Trinajstić information content (AvgIpc) is 3.15. The molecule has 3 aliphatic rings. The van der Waals surface area contributed by atoms with E-state index in [9.17, 15) is 9.59 Å². The van der Waals surface area contributed by atoms with Crippen molar-refractivity contribution in [1.29, 1.82) is 0 Å². The third-order valence-electron chi connectivity index (χ3n) is 4.79. The summed E-state index contributed by atoms with van der Waals surface area (Å²) in [5.41, 5.74) is -0.401. The number of halogens is 1. The van der Waals surface area contributed by atoms with Crippen molar-refractivity contribution in [3.63, 3.8) is 0 Å².